The van der Waals surface area contributed by atoms with Crippen molar-refractivity contribution in [3.05, 3.63) is 39.7 Å². The van der Waals surface area contributed by atoms with E-state index in [0.717, 1.165) is 35.6 Å². The molecule has 0 saturated carbocycles. The molecule has 0 unspecified atom stereocenters. The number of hydrogen-bond acceptors (Lipinski definition) is 6. The van der Waals surface area contributed by atoms with E-state index in [2.05, 4.69) is 5.32 Å². The van der Waals surface area contributed by atoms with Gasteiger partial charge in [0.05, 0.1) is 11.7 Å². The number of halogens is 3. The minimum absolute atomic E-state index is 0.128. The van der Waals surface area contributed by atoms with E-state index in [1.165, 1.54) is 7.05 Å². The molecule has 29 heavy (non-hydrogen) atoms. The number of likely N-dealkylation sites (tertiary alicyclic amines) is 1. The fourth-order valence-corrected chi connectivity index (χ4v) is 4.13. The highest BCUT2D eigenvalue weighted by atomic mass is 35.5. The first-order valence-corrected chi connectivity index (χ1v) is 9.87. The Bertz CT molecular complexity index is 793. The van der Waals surface area contributed by atoms with Crippen LogP contribution < -0.4 is 21.6 Å². The molecule has 2 heterocycles. The van der Waals surface area contributed by atoms with Crippen LogP contribution in [0.5, 0.6) is 5.75 Å². The van der Waals surface area contributed by atoms with Crippen molar-refractivity contribution in [2.45, 2.75) is 31.7 Å². The predicted octanol–water partition coefficient (Wildman–Crippen LogP) is 1.77. The molecule has 1 fully saturated rings. The first-order valence-electron chi connectivity index (χ1n) is 9.50. The van der Waals surface area contributed by atoms with E-state index in [1.807, 2.05) is 4.90 Å². The molecule has 1 saturated heterocycles. The van der Waals surface area contributed by atoms with Crippen LogP contribution in [0.1, 0.15) is 30.0 Å². The molecule has 1 aromatic rings. The molecule has 10 heteroatoms. The van der Waals surface area contributed by atoms with Crippen molar-refractivity contribution in [2.75, 3.05) is 33.3 Å². The number of hydrazine groups is 1. The zero-order chi connectivity index (χ0) is 21.1. The molecule has 0 aromatic heterocycles. The van der Waals surface area contributed by atoms with Gasteiger partial charge in [0, 0.05) is 37.1 Å². The number of carbonyl (C=O) groups is 1. The maximum Gasteiger partial charge on any atom is 0.281 e. The second-order valence-corrected chi connectivity index (χ2v) is 7.66. The van der Waals surface area contributed by atoms with Crippen molar-refractivity contribution in [3.63, 3.8) is 0 Å². The molecule has 0 aliphatic carbocycles. The lowest BCUT2D eigenvalue weighted by atomic mass is 9.92. The van der Waals surface area contributed by atoms with E-state index < -0.39 is 12.1 Å². The average Bonchev–Trinajstić information content (AvgIpc) is 3.05. The molecular formula is C19H26ClF2N5O2. The molecule has 3 rings (SSSR count). The molecule has 1 atom stereocenters. The van der Waals surface area contributed by atoms with Gasteiger partial charge < -0.3 is 25.7 Å². The molecule has 0 bridgehead atoms. The molecule has 1 amide bonds. The van der Waals surface area contributed by atoms with E-state index in [4.69, 9.17) is 27.9 Å². The van der Waals surface area contributed by atoms with Gasteiger partial charge in [0.2, 0.25) is 5.91 Å². The van der Waals surface area contributed by atoms with Gasteiger partial charge in [-0.25, -0.2) is 14.6 Å². The molecular weight excluding hydrogens is 404 g/mol. The van der Waals surface area contributed by atoms with Crippen LogP contribution in [0.15, 0.2) is 23.5 Å². The van der Waals surface area contributed by atoms with Crippen LogP contribution >= 0.6 is 11.6 Å². The van der Waals surface area contributed by atoms with Gasteiger partial charge in [0.1, 0.15) is 18.1 Å². The van der Waals surface area contributed by atoms with Crippen LogP contribution in [-0.2, 0) is 11.2 Å². The first kappa shape index (κ1) is 21.6. The molecule has 5 N–H and O–H groups in total. The number of nitrogens with one attached hydrogen (secondary N) is 1. The maximum atomic E-state index is 13.2. The summed E-state index contributed by atoms with van der Waals surface area (Å²) in [5.74, 6) is 6.09. The third-order valence-corrected chi connectivity index (χ3v) is 5.60. The zero-order valence-electron chi connectivity index (χ0n) is 16.3. The van der Waals surface area contributed by atoms with Gasteiger partial charge in [-0.15, -0.1) is 0 Å². The molecule has 2 aliphatic rings. The normalized spacial score (nSPS) is 20.0. The summed E-state index contributed by atoms with van der Waals surface area (Å²) in [4.78, 5) is 13.9. The van der Waals surface area contributed by atoms with Crippen LogP contribution in [-0.4, -0.2) is 55.5 Å². The number of benzene rings is 1. The van der Waals surface area contributed by atoms with Crippen LogP contribution in [0.25, 0.3) is 0 Å². The van der Waals surface area contributed by atoms with Crippen molar-refractivity contribution < 1.29 is 18.3 Å². The Morgan fingerprint density at radius 1 is 1.45 bits per heavy atom. The highest BCUT2D eigenvalue weighted by Gasteiger charge is 2.30. The fourth-order valence-electron chi connectivity index (χ4n) is 3.88. The van der Waals surface area contributed by atoms with Crippen LogP contribution in [0.2, 0.25) is 5.02 Å². The van der Waals surface area contributed by atoms with Gasteiger partial charge in [-0.3, -0.25) is 4.79 Å². The Labute approximate surface area is 173 Å². The smallest absolute Gasteiger partial charge is 0.281 e. The zero-order valence-corrected chi connectivity index (χ0v) is 17.0. The number of alkyl halides is 2. The highest BCUT2D eigenvalue weighted by Crippen LogP contribution is 2.37. The predicted molar refractivity (Wildman–Crippen MR) is 106 cm³/mol. The molecule has 2 aliphatic heterocycles. The number of rotatable bonds is 7. The van der Waals surface area contributed by atoms with Crippen molar-refractivity contribution in [2.24, 2.45) is 11.6 Å². The Hall–Kier alpha value is -2.10. The largest absolute Gasteiger partial charge is 0.487 e. The highest BCUT2D eigenvalue weighted by molar-refractivity contribution is 6.31. The Kier molecular flexibility index (Phi) is 6.81. The monoisotopic (exact) mass is 429 g/mol. The first-order chi connectivity index (χ1) is 13.8. The number of amides is 1. The molecule has 0 spiro atoms. The number of fused-ring (bicyclic) bond motifs is 1. The number of hydrogen-bond donors (Lipinski definition) is 3. The van der Waals surface area contributed by atoms with E-state index in [0.29, 0.717) is 30.2 Å². The minimum Gasteiger partial charge on any atom is -0.487 e. The third kappa shape index (κ3) is 4.73. The van der Waals surface area contributed by atoms with Gasteiger partial charge >= 0.3 is 0 Å². The number of nitrogens with zero attached hydrogens (tertiary/aromatic N) is 2. The van der Waals surface area contributed by atoms with E-state index in [1.54, 1.807) is 12.1 Å². The summed E-state index contributed by atoms with van der Waals surface area (Å²) in [6.45, 7) is 1.70. The van der Waals surface area contributed by atoms with Gasteiger partial charge in [0.15, 0.2) is 0 Å². The summed E-state index contributed by atoms with van der Waals surface area (Å²) < 4.78 is 32.2. The van der Waals surface area contributed by atoms with Crippen LogP contribution in [0, 0.1) is 0 Å². The summed E-state index contributed by atoms with van der Waals surface area (Å²) in [5.41, 5.74) is 6.97. The van der Waals surface area contributed by atoms with Crippen molar-refractivity contribution in [1.82, 2.24) is 15.2 Å². The second kappa shape index (κ2) is 9.15. The molecule has 160 valence electrons. The van der Waals surface area contributed by atoms with E-state index >= 15 is 0 Å². The summed E-state index contributed by atoms with van der Waals surface area (Å²) >= 11 is 6.40. The number of allylic oxidation sites excluding steroid dienone is 1. The quantitative estimate of drug-likeness (QED) is 0.451. The standard InChI is InChI=1S/C19H26ClF2N5O2/c1-26(24)18(19(21)22)13(23)10-29-15-5-4-12(20)11-6-7-25-14(17(11)15)9-27-8-2-3-16(27)28/h4-5,14,19,25H,2-3,6-10,23-24H2,1H3/b18-13-/t14-/m1/s1. The van der Waals surface area contributed by atoms with Crippen molar-refractivity contribution in [1.29, 1.82) is 0 Å². The Morgan fingerprint density at radius 2 is 2.21 bits per heavy atom. The summed E-state index contributed by atoms with van der Waals surface area (Å²) in [5, 5.41) is 4.82. The van der Waals surface area contributed by atoms with Gasteiger partial charge in [-0.05, 0) is 37.1 Å². The Balaban J connectivity index is 1.87. The topological polar surface area (TPSA) is 96.8 Å². The lowest BCUT2D eigenvalue weighted by Gasteiger charge is -2.32. The maximum absolute atomic E-state index is 13.2. The van der Waals surface area contributed by atoms with Crippen LogP contribution in [0.4, 0.5) is 8.78 Å². The lowest BCUT2D eigenvalue weighted by molar-refractivity contribution is -0.128. The van der Waals surface area contributed by atoms with E-state index in [-0.39, 0.29) is 24.3 Å². The second-order valence-electron chi connectivity index (χ2n) is 7.25. The van der Waals surface area contributed by atoms with Crippen molar-refractivity contribution >= 4 is 17.5 Å². The summed E-state index contributed by atoms with van der Waals surface area (Å²) in [7, 11) is 1.30. The van der Waals surface area contributed by atoms with Gasteiger partial charge in [0.25, 0.3) is 6.43 Å². The molecule has 0 radical (unpaired) electrons. The third-order valence-electron chi connectivity index (χ3n) is 5.25. The van der Waals surface area contributed by atoms with Gasteiger partial charge in [-0.2, -0.15) is 0 Å². The summed E-state index contributed by atoms with van der Waals surface area (Å²) in [6, 6.07) is 3.27. The summed E-state index contributed by atoms with van der Waals surface area (Å²) in [6.07, 6.45) is -0.706. The fraction of sp³-hybridized carbons (Fsp3) is 0.526. The minimum atomic E-state index is -2.82. The average molecular weight is 430 g/mol. The van der Waals surface area contributed by atoms with Crippen molar-refractivity contribution in [3.8, 4) is 5.75 Å². The number of nitrogens with two attached hydrogens (primary N) is 2. The van der Waals surface area contributed by atoms with E-state index in [9.17, 15) is 13.6 Å². The molecule has 1 aromatic carbocycles. The SMILES string of the molecule is CN(N)/C(=C(\N)COc1ccc(Cl)c2c1[C@@H](CN1CCCC1=O)NCC2)C(F)F. The number of carbonyl (C=O) groups excluding carboxylic acids is 1. The number of ether oxygens (including phenoxy) is 1. The molecule has 7 nitrogen and oxygen atoms in total. The lowest BCUT2D eigenvalue weighted by Crippen LogP contribution is -2.40. The Morgan fingerprint density at radius 3 is 2.83 bits per heavy atom. The van der Waals surface area contributed by atoms with Crippen LogP contribution in [0.3, 0.4) is 0 Å². The van der Waals surface area contributed by atoms with Gasteiger partial charge in [-0.1, -0.05) is 11.6 Å².